The number of hydrogen-bond acceptors (Lipinski definition) is 5. The van der Waals surface area contributed by atoms with Crippen molar-refractivity contribution < 1.29 is 4.74 Å². The van der Waals surface area contributed by atoms with Gasteiger partial charge in [-0.2, -0.15) is 0 Å². The van der Waals surface area contributed by atoms with Gasteiger partial charge in [0.1, 0.15) is 0 Å². The Morgan fingerprint density at radius 2 is 2.30 bits per heavy atom. The van der Waals surface area contributed by atoms with Crippen molar-refractivity contribution in [3.8, 4) is 11.4 Å². The molecule has 0 bridgehead atoms. The summed E-state index contributed by atoms with van der Waals surface area (Å²) in [7, 11) is 0. The van der Waals surface area contributed by atoms with Crippen molar-refractivity contribution in [3.63, 3.8) is 0 Å². The van der Waals surface area contributed by atoms with E-state index in [1.54, 1.807) is 12.1 Å². The number of rotatable bonds is 2. The molecule has 1 aromatic heterocycles. The van der Waals surface area contributed by atoms with Gasteiger partial charge < -0.3 is 10.5 Å². The number of aromatic nitrogens is 4. The van der Waals surface area contributed by atoms with Gasteiger partial charge in [0.2, 0.25) is 0 Å². The first-order valence-electron chi connectivity index (χ1n) is 6.60. The van der Waals surface area contributed by atoms with Crippen LogP contribution in [0.5, 0.6) is 0 Å². The standard InChI is InChI=1S/C13H16ClN5O/c1-8-7-9(5-6-20-8)19-13(16-17-18-19)12-10(14)3-2-4-11(12)15/h2-4,8-9H,5-7,15H2,1H3. The fourth-order valence-corrected chi connectivity index (χ4v) is 2.84. The predicted molar refractivity (Wildman–Crippen MR) is 76.4 cm³/mol. The Bertz CT molecular complexity index is 594. The monoisotopic (exact) mass is 293 g/mol. The number of nitrogen functional groups attached to an aromatic ring is 1. The van der Waals surface area contributed by atoms with Crippen molar-refractivity contribution in [1.82, 2.24) is 20.2 Å². The van der Waals surface area contributed by atoms with Crippen LogP contribution in [0.15, 0.2) is 18.2 Å². The van der Waals surface area contributed by atoms with Crippen LogP contribution >= 0.6 is 11.6 Å². The third-order valence-electron chi connectivity index (χ3n) is 3.57. The number of anilines is 1. The molecule has 106 valence electrons. The number of hydrogen-bond donors (Lipinski definition) is 1. The topological polar surface area (TPSA) is 78.9 Å². The maximum Gasteiger partial charge on any atom is 0.185 e. The van der Waals surface area contributed by atoms with Crippen LogP contribution in [0.3, 0.4) is 0 Å². The van der Waals surface area contributed by atoms with Gasteiger partial charge in [-0.05, 0) is 42.3 Å². The highest BCUT2D eigenvalue weighted by Crippen LogP contribution is 2.34. The summed E-state index contributed by atoms with van der Waals surface area (Å²) in [5.41, 5.74) is 7.29. The summed E-state index contributed by atoms with van der Waals surface area (Å²) in [5, 5.41) is 12.6. The molecule has 0 aliphatic carbocycles. The minimum Gasteiger partial charge on any atom is -0.398 e. The van der Waals surface area contributed by atoms with E-state index in [9.17, 15) is 0 Å². The molecule has 2 aromatic rings. The van der Waals surface area contributed by atoms with E-state index in [4.69, 9.17) is 22.1 Å². The summed E-state index contributed by atoms with van der Waals surface area (Å²) in [6.45, 7) is 2.77. The molecule has 7 heteroatoms. The van der Waals surface area contributed by atoms with Gasteiger partial charge in [-0.1, -0.05) is 17.7 Å². The van der Waals surface area contributed by atoms with E-state index in [0.717, 1.165) is 12.8 Å². The largest absolute Gasteiger partial charge is 0.398 e. The van der Waals surface area contributed by atoms with Crippen LogP contribution in [0.2, 0.25) is 5.02 Å². The summed E-state index contributed by atoms with van der Waals surface area (Å²) in [6, 6.07) is 5.61. The number of halogens is 1. The maximum absolute atomic E-state index is 6.25. The van der Waals surface area contributed by atoms with Crippen LogP contribution in [0.25, 0.3) is 11.4 Å². The Kier molecular flexibility index (Phi) is 3.58. The lowest BCUT2D eigenvalue weighted by Gasteiger charge is -2.27. The average molecular weight is 294 g/mol. The number of tetrazole rings is 1. The molecule has 0 amide bonds. The van der Waals surface area contributed by atoms with Crippen LogP contribution in [-0.4, -0.2) is 32.9 Å². The molecule has 20 heavy (non-hydrogen) atoms. The summed E-state index contributed by atoms with van der Waals surface area (Å²) in [6.07, 6.45) is 1.96. The zero-order chi connectivity index (χ0) is 14.1. The lowest BCUT2D eigenvalue weighted by molar-refractivity contribution is 0.00351. The van der Waals surface area contributed by atoms with Crippen molar-refractivity contribution in [3.05, 3.63) is 23.2 Å². The number of nitrogens with zero attached hydrogens (tertiary/aromatic N) is 4. The van der Waals surface area contributed by atoms with Gasteiger partial charge in [0.25, 0.3) is 0 Å². The SMILES string of the molecule is CC1CC(n2nnnc2-c2c(N)cccc2Cl)CCO1. The molecule has 0 spiro atoms. The van der Waals surface area contributed by atoms with Crippen molar-refractivity contribution in [1.29, 1.82) is 0 Å². The lowest BCUT2D eigenvalue weighted by atomic mass is 10.0. The molecule has 1 aliphatic rings. The molecule has 0 radical (unpaired) electrons. The Morgan fingerprint density at radius 3 is 3.05 bits per heavy atom. The smallest absolute Gasteiger partial charge is 0.185 e. The zero-order valence-electron chi connectivity index (χ0n) is 11.2. The van der Waals surface area contributed by atoms with Crippen LogP contribution in [-0.2, 0) is 4.74 Å². The van der Waals surface area contributed by atoms with Crippen molar-refractivity contribution in [2.75, 3.05) is 12.3 Å². The number of nitrogens with two attached hydrogens (primary N) is 1. The Labute approximate surface area is 121 Å². The first-order valence-corrected chi connectivity index (χ1v) is 6.98. The predicted octanol–water partition coefficient (Wildman–Crippen LogP) is 2.32. The third-order valence-corrected chi connectivity index (χ3v) is 3.88. The van der Waals surface area contributed by atoms with E-state index in [0.29, 0.717) is 28.7 Å². The van der Waals surface area contributed by atoms with E-state index in [-0.39, 0.29) is 12.1 Å². The highest BCUT2D eigenvalue weighted by atomic mass is 35.5. The Hall–Kier alpha value is -1.66. The normalized spacial score (nSPS) is 22.9. The van der Waals surface area contributed by atoms with Crippen LogP contribution in [0.1, 0.15) is 25.8 Å². The summed E-state index contributed by atoms with van der Waals surface area (Å²) in [4.78, 5) is 0. The van der Waals surface area contributed by atoms with E-state index >= 15 is 0 Å². The minimum absolute atomic E-state index is 0.203. The molecular formula is C13H16ClN5O. The summed E-state index contributed by atoms with van der Waals surface area (Å²) in [5.74, 6) is 0.618. The first-order chi connectivity index (χ1) is 9.66. The fraction of sp³-hybridized carbons (Fsp3) is 0.462. The number of ether oxygens (including phenoxy) is 1. The van der Waals surface area contributed by atoms with Gasteiger partial charge in [0.15, 0.2) is 5.82 Å². The fourth-order valence-electron chi connectivity index (χ4n) is 2.58. The second-order valence-corrected chi connectivity index (χ2v) is 5.42. The second-order valence-electron chi connectivity index (χ2n) is 5.01. The van der Waals surface area contributed by atoms with Gasteiger partial charge in [-0.25, -0.2) is 4.68 Å². The van der Waals surface area contributed by atoms with Gasteiger partial charge in [-0.15, -0.1) is 5.10 Å². The molecule has 6 nitrogen and oxygen atoms in total. The van der Waals surface area contributed by atoms with Crippen LogP contribution < -0.4 is 5.73 Å². The second kappa shape index (κ2) is 5.38. The highest BCUT2D eigenvalue weighted by molar-refractivity contribution is 6.33. The maximum atomic E-state index is 6.25. The molecule has 2 N–H and O–H groups in total. The molecule has 3 rings (SSSR count). The number of benzene rings is 1. The van der Waals surface area contributed by atoms with E-state index < -0.39 is 0 Å². The summed E-state index contributed by atoms with van der Waals surface area (Å²) >= 11 is 6.25. The lowest BCUT2D eigenvalue weighted by Crippen LogP contribution is -2.26. The molecule has 1 fully saturated rings. The van der Waals surface area contributed by atoms with Gasteiger partial charge in [-0.3, -0.25) is 0 Å². The first kappa shape index (κ1) is 13.3. The van der Waals surface area contributed by atoms with Gasteiger partial charge in [0.05, 0.1) is 22.7 Å². The van der Waals surface area contributed by atoms with Crippen molar-refractivity contribution >= 4 is 17.3 Å². The van der Waals surface area contributed by atoms with Crippen molar-refractivity contribution in [2.45, 2.75) is 31.9 Å². The van der Waals surface area contributed by atoms with Gasteiger partial charge in [0, 0.05) is 12.3 Å². The minimum atomic E-state index is 0.203. The Morgan fingerprint density at radius 1 is 1.45 bits per heavy atom. The van der Waals surface area contributed by atoms with Crippen LogP contribution in [0.4, 0.5) is 5.69 Å². The molecule has 1 aliphatic heterocycles. The highest BCUT2D eigenvalue weighted by Gasteiger charge is 2.26. The molecule has 2 unspecified atom stereocenters. The third kappa shape index (κ3) is 2.36. The van der Waals surface area contributed by atoms with Crippen LogP contribution in [0, 0.1) is 0 Å². The molecule has 0 saturated carbocycles. The summed E-state index contributed by atoms with van der Waals surface area (Å²) < 4.78 is 7.38. The Balaban J connectivity index is 2.02. The quantitative estimate of drug-likeness (QED) is 0.860. The van der Waals surface area contributed by atoms with E-state index in [1.165, 1.54) is 0 Å². The van der Waals surface area contributed by atoms with Gasteiger partial charge >= 0.3 is 0 Å². The molecule has 2 heterocycles. The molecule has 1 saturated heterocycles. The zero-order valence-corrected chi connectivity index (χ0v) is 11.9. The molecule has 1 aromatic carbocycles. The van der Waals surface area contributed by atoms with E-state index in [1.807, 2.05) is 10.7 Å². The van der Waals surface area contributed by atoms with E-state index in [2.05, 4.69) is 22.4 Å². The molecular weight excluding hydrogens is 278 g/mol. The molecule has 2 atom stereocenters. The van der Waals surface area contributed by atoms with Crippen molar-refractivity contribution in [2.24, 2.45) is 0 Å². The average Bonchev–Trinajstić information content (AvgIpc) is 2.87.